The van der Waals surface area contributed by atoms with Gasteiger partial charge in [-0.25, -0.2) is 8.42 Å². The molecule has 0 spiro atoms. The van der Waals surface area contributed by atoms with Crippen molar-refractivity contribution in [3.63, 3.8) is 0 Å². The number of nitrogens with one attached hydrogen (secondary N) is 1. The number of rotatable bonds is 6. The van der Waals surface area contributed by atoms with Crippen molar-refractivity contribution in [2.45, 2.75) is 67.8 Å². The highest BCUT2D eigenvalue weighted by atomic mass is 32.2. The van der Waals surface area contributed by atoms with Gasteiger partial charge >= 0.3 is 0 Å². The van der Waals surface area contributed by atoms with Crippen molar-refractivity contribution >= 4 is 21.4 Å². The largest absolute Gasteiger partial charge is 0.309 e. The van der Waals surface area contributed by atoms with E-state index in [2.05, 4.69) is 5.32 Å². The second-order valence-corrected chi connectivity index (χ2v) is 9.58. The molecule has 1 aromatic rings. The first-order valence-corrected chi connectivity index (χ1v) is 10.1. The van der Waals surface area contributed by atoms with Crippen LogP contribution in [0, 0.1) is 0 Å². The Balaban J connectivity index is 1.67. The molecule has 2 aliphatic rings. The third kappa shape index (κ3) is 3.67. The highest BCUT2D eigenvalue weighted by Crippen LogP contribution is 2.30. The summed E-state index contributed by atoms with van der Waals surface area (Å²) in [5, 5.41) is 3.43. The average Bonchev–Trinajstić information content (AvgIpc) is 3.21. The van der Waals surface area contributed by atoms with E-state index >= 15 is 0 Å². The van der Waals surface area contributed by atoms with Gasteiger partial charge in [0.15, 0.2) is 0 Å². The van der Waals surface area contributed by atoms with E-state index in [0.717, 1.165) is 37.1 Å². The fraction of sp³-hybridized carbons (Fsp3) is 0.733. The van der Waals surface area contributed by atoms with E-state index in [0.29, 0.717) is 10.3 Å². The minimum Gasteiger partial charge on any atom is -0.309 e. The Hall–Kier alpha value is -0.430. The molecule has 118 valence electrons. The van der Waals surface area contributed by atoms with E-state index in [9.17, 15) is 8.42 Å². The van der Waals surface area contributed by atoms with Crippen LogP contribution < -0.4 is 5.32 Å². The van der Waals surface area contributed by atoms with Gasteiger partial charge in [0, 0.05) is 30.6 Å². The maximum absolute atomic E-state index is 12.7. The van der Waals surface area contributed by atoms with Crippen LogP contribution in [0.1, 0.15) is 49.8 Å². The molecule has 0 aromatic carbocycles. The molecule has 4 nitrogen and oxygen atoms in total. The van der Waals surface area contributed by atoms with E-state index < -0.39 is 10.0 Å². The second kappa shape index (κ2) is 6.36. The molecule has 0 unspecified atom stereocenters. The van der Waals surface area contributed by atoms with Crippen molar-refractivity contribution < 1.29 is 8.42 Å². The Labute approximate surface area is 131 Å². The van der Waals surface area contributed by atoms with Gasteiger partial charge in [-0.15, -0.1) is 11.3 Å². The van der Waals surface area contributed by atoms with Gasteiger partial charge in [-0.05, 0) is 37.8 Å². The first-order valence-electron chi connectivity index (χ1n) is 7.87. The molecule has 1 aromatic heterocycles. The Bertz CT molecular complexity index is 572. The van der Waals surface area contributed by atoms with Gasteiger partial charge in [0.05, 0.1) is 0 Å². The minimum absolute atomic E-state index is 0.180. The Morgan fingerprint density at radius 2 is 1.90 bits per heavy atom. The molecule has 0 amide bonds. The molecule has 0 atom stereocenters. The zero-order valence-corrected chi connectivity index (χ0v) is 14.2. The van der Waals surface area contributed by atoms with Crippen LogP contribution in [0.4, 0.5) is 0 Å². The molecule has 2 fully saturated rings. The van der Waals surface area contributed by atoms with Crippen molar-refractivity contribution in [1.29, 1.82) is 0 Å². The van der Waals surface area contributed by atoms with Gasteiger partial charge in [-0.2, -0.15) is 4.31 Å². The van der Waals surface area contributed by atoms with Gasteiger partial charge in [0.2, 0.25) is 0 Å². The molecule has 21 heavy (non-hydrogen) atoms. The molecule has 2 aliphatic carbocycles. The minimum atomic E-state index is -3.32. The molecule has 3 rings (SSSR count). The average molecular weight is 329 g/mol. The van der Waals surface area contributed by atoms with Crippen LogP contribution in [0.15, 0.2) is 16.3 Å². The van der Waals surface area contributed by atoms with Crippen molar-refractivity contribution in [2.75, 3.05) is 7.05 Å². The topological polar surface area (TPSA) is 49.4 Å². The molecular formula is C15H24N2O2S2. The summed E-state index contributed by atoms with van der Waals surface area (Å²) >= 11 is 1.41. The third-order valence-corrected chi connectivity index (χ3v) is 7.96. The van der Waals surface area contributed by atoms with Crippen LogP contribution in [-0.2, 0) is 16.6 Å². The van der Waals surface area contributed by atoms with E-state index in [4.69, 9.17) is 0 Å². The molecule has 2 saturated carbocycles. The van der Waals surface area contributed by atoms with Gasteiger partial charge in [0.1, 0.15) is 4.21 Å². The van der Waals surface area contributed by atoms with Crippen molar-refractivity contribution in [1.82, 2.24) is 9.62 Å². The van der Waals surface area contributed by atoms with E-state index in [1.54, 1.807) is 17.4 Å². The number of nitrogens with zero attached hydrogens (tertiary/aromatic N) is 1. The van der Waals surface area contributed by atoms with Gasteiger partial charge < -0.3 is 5.32 Å². The molecule has 0 radical (unpaired) electrons. The van der Waals surface area contributed by atoms with E-state index in [-0.39, 0.29) is 6.04 Å². The lowest BCUT2D eigenvalue weighted by atomic mass is 9.96. The second-order valence-electron chi connectivity index (χ2n) is 6.19. The summed E-state index contributed by atoms with van der Waals surface area (Å²) in [5.74, 6) is 0. The number of hydrogen-bond donors (Lipinski definition) is 1. The Morgan fingerprint density at radius 3 is 2.57 bits per heavy atom. The molecule has 1 heterocycles. The van der Waals surface area contributed by atoms with E-state index in [1.165, 1.54) is 30.6 Å². The van der Waals surface area contributed by atoms with Crippen LogP contribution in [0.3, 0.4) is 0 Å². The highest BCUT2D eigenvalue weighted by Gasteiger charge is 2.30. The van der Waals surface area contributed by atoms with Gasteiger partial charge in [-0.3, -0.25) is 0 Å². The summed E-state index contributed by atoms with van der Waals surface area (Å²) in [4.78, 5) is 1.11. The zero-order chi connectivity index (χ0) is 14.9. The number of sulfonamides is 1. The molecular weight excluding hydrogens is 304 g/mol. The first-order chi connectivity index (χ1) is 10.1. The first kappa shape index (κ1) is 15.5. The monoisotopic (exact) mass is 328 g/mol. The van der Waals surface area contributed by atoms with Crippen LogP contribution in [0.5, 0.6) is 0 Å². The lowest BCUT2D eigenvalue weighted by Gasteiger charge is -2.29. The van der Waals surface area contributed by atoms with Crippen molar-refractivity contribution in [2.24, 2.45) is 0 Å². The molecule has 1 N–H and O–H groups in total. The Kier molecular flexibility index (Phi) is 4.69. The van der Waals surface area contributed by atoms with Crippen LogP contribution in [0.25, 0.3) is 0 Å². The number of hydrogen-bond acceptors (Lipinski definition) is 4. The fourth-order valence-electron chi connectivity index (χ4n) is 2.91. The molecule has 0 bridgehead atoms. The lowest BCUT2D eigenvalue weighted by molar-refractivity contribution is 0.286. The summed E-state index contributed by atoms with van der Waals surface area (Å²) in [6.45, 7) is 0.790. The zero-order valence-electron chi connectivity index (χ0n) is 12.5. The third-order valence-electron chi connectivity index (χ3n) is 4.50. The molecule has 6 heteroatoms. The predicted molar refractivity (Wildman–Crippen MR) is 86.0 cm³/mol. The standard InChI is InChI=1S/C15H24N2O2S2/c1-17(13-5-3-2-4-6-13)21(18,19)15-10-9-14(20-15)11-16-12-7-8-12/h9-10,12-13,16H,2-8,11H2,1H3. The van der Waals surface area contributed by atoms with Crippen LogP contribution in [-0.4, -0.2) is 31.9 Å². The summed E-state index contributed by atoms with van der Waals surface area (Å²) in [6, 6.07) is 4.54. The Morgan fingerprint density at radius 1 is 1.19 bits per heavy atom. The summed E-state index contributed by atoms with van der Waals surface area (Å²) < 4.78 is 27.5. The van der Waals surface area contributed by atoms with Crippen molar-refractivity contribution in [3.8, 4) is 0 Å². The van der Waals surface area contributed by atoms with Crippen LogP contribution in [0.2, 0.25) is 0 Å². The predicted octanol–water partition coefficient (Wildman–Crippen LogP) is 2.95. The fourth-order valence-corrected chi connectivity index (χ4v) is 5.82. The van der Waals surface area contributed by atoms with Crippen LogP contribution >= 0.6 is 11.3 Å². The lowest BCUT2D eigenvalue weighted by Crippen LogP contribution is -2.37. The summed E-state index contributed by atoms with van der Waals surface area (Å²) in [6.07, 6.45) is 8.02. The smallest absolute Gasteiger partial charge is 0.252 e. The SMILES string of the molecule is CN(C1CCCCC1)S(=O)(=O)c1ccc(CNC2CC2)s1. The maximum Gasteiger partial charge on any atom is 0.252 e. The number of thiophene rings is 1. The molecule has 0 aliphatic heterocycles. The maximum atomic E-state index is 12.7. The molecule has 0 saturated heterocycles. The van der Waals surface area contributed by atoms with Gasteiger partial charge in [0.25, 0.3) is 10.0 Å². The summed E-state index contributed by atoms with van der Waals surface area (Å²) in [7, 11) is -1.57. The highest BCUT2D eigenvalue weighted by molar-refractivity contribution is 7.91. The van der Waals surface area contributed by atoms with E-state index in [1.807, 2.05) is 6.07 Å². The normalized spacial score (nSPS) is 21.0. The quantitative estimate of drug-likeness (QED) is 0.873. The van der Waals surface area contributed by atoms with Crippen molar-refractivity contribution in [3.05, 3.63) is 17.0 Å². The summed E-state index contributed by atoms with van der Waals surface area (Å²) in [5.41, 5.74) is 0. The van der Waals surface area contributed by atoms with Gasteiger partial charge in [-0.1, -0.05) is 19.3 Å².